The molecule has 0 spiro atoms. The SMILES string of the molecule is COc1ccccc1CN1CCN(Cc2ccc(F)c(F)c2)[C@H](CCO)C1. The number of aliphatic hydroxyl groups is 1. The van der Waals surface area contributed by atoms with Gasteiger partial charge in [-0.25, -0.2) is 8.78 Å². The molecule has 0 saturated carbocycles. The van der Waals surface area contributed by atoms with E-state index in [1.807, 2.05) is 18.2 Å². The van der Waals surface area contributed by atoms with Crippen molar-refractivity contribution in [2.75, 3.05) is 33.4 Å². The van der Waals surface area contributed by atoms with Gasteiger partial charge in [0.2, 0.25) is 0 Å². The van der Waals surface area contributed by atoms with Crippen LogP contribution in [-0.4, -0.2) is 54.3 Å². The summed E-state index contributed by atoms with van der Waals surface area (Å²) in [6, 6.07) is 12.2. The van der Waals surface area contributed by atoms with Crippen LogP contribution in [0.2, 0.25) is 0 Å². The van der Waals surface area contributed by atoms with E-state index in [0.717, 1.165) is 43.1 Å². The third-order valence-electron chi connectivity index (χ3n) is 5.11. The fraction of sp³-hybridized carbons (Fsp3) is 0.429. The molecule has 0 amide bonds. The largest absolute Gasteiger partial charge is 0.496 e. The zero-order valence-corrected chi connectivity index (χ0v) is 15.6. The number of aliphatic hydroxyl groups excluding tert-OH is 1. The molecule has 1 N–H and O–H groups in total. The molecule has 2 aromatic rings. The molecule has 0 radical (unpaired) electrons. The molecule has 0 aromatic heterocycles. The van der Waals surface area contributed by atoms with Gasteiger partial charge in [-0.05, 0) is 30.2 Å². The number of ether oxygens (including phenoxy) is 1. The monoisotopic (exact) mass is 376 g/mol. The summed E-state index contributed by atoms with van der Waals surface area (Å²) >= 11 is 0. The number of benzene rings is 2. The zero-order chi connectivity index (χ0) is 19.2. The fourth-order valence-electron chi connectivity index (χ4n) is 3.68. The second kappa shape index (κ2) is 9.26. The molecule has 0 bridgehead atoms. The van der Waals surface area contributed by atoms with Crippen molar-refractivity contribution < 1.29 is 18.6 Å². The maximum Gasteiger partial charge on any atom is 0.159 e. The third kappa shape index (κ3) is 5.03. The summed E-state index contributed by atoms with van der Waals surface area (Å²) in [5, 5.41) is 9.47. The minimum Gasteiger partial charge on any atom is -0.496 e. The van der Waals surface area contributed by atoms with Crippen molar-refractivity contribution in [2.45, 2.75) is 25.6 Å². The van der Waals surface area contributed by atoms with Crippen LogP contribution in [0.25, 0.3) is 0 Å². The Morgan fingerprint density at radius 1 is 1.07 bits per heavy atom. The summed E-state index contributed by atoms with van der Waals surface area (Å²) in [5.74, 6) is -0.770. The highest BCUT2D eigenvalue weighted by Gasteiger charge is 2.27. The summed E-state index contributed by atoms with van der Waals surface area (Å²) in [4.78, 5) is 4.58. The molecule has 6 heteroatoms. The van der Waals surface area contributed by atoms with Crippen LogP contribution in [0.1, 0.15) is 17.5 Å². The molecule has 3 rings (SSSR count). The normalized spacial score (nSPS) is 18.6. The number of piperazine rings is 1. The van der Waals surface area contributed by atoms with Crippen molar-refractivity contribution in [1.29, 1.82) is 0 Å². The van der Waals surface area contributed by atoms with E-state index in [1.165, 1.54) is 12.1 Å². The van der Waals surface area contributed by atoms with E-state index in [2.05, 4.69) is 15.9 Å². The molecule has 0 aliphatic carbocycles. The highest BCUT2D eigenvalue weighted by Crippen LogP contribution is 2.23. The highest BCUT2D eigenvalue weighted by molar-refractivity contribution is 5.33. The summed E-state index contributed by atoms with van der Waals surface area (Å²) in [5.41, 5.74) is 1.88. The minimum atomic E-state index is -0.827. The fourth-order valence-corrected chi connectivity index (χ4v) is 3.68. The van der Waals surface area contributed by atoms with Crippen molar-refractivity contribution >= 4 is 0 Å². The molecule has 0 unspecified atom stereocenters. The standard InChI is InChI=1S/C21H26F2N2O2/c1-27-21-5-3-2-4-17(21)14-24-9-10-25(18(15-24)8-11-26)13-16-6-7-19(22)20(23)12-16/h2-7,12,18,26H,8-11,13-15H2,1H3/t18-/m1/s1. The second-order valence-corrected chi connectivity index (χ2v) is 6.93. The number of rotatable bonds is 7. The zero-order valence-electron chi connectivity index (χ0n) is 15.6. The number of nitrogens with zero attached hydrogens (tertiary/aromatic N) is 2. The van der Waals surface area contributed by atoms with Crippen LogP contribution in [0.3, 0.4) is 0 Å². The summed E-state index contributed by atoms with van der Waals surface area (Å²) in [6.45, 7) is 3.90. The van der Waals surface area contributed by atoms with Crippen molar-refractivity contribution in [3.8, 4) is 5.75 Å². The van der Waals surface area contributed by atoms with Gasteiger partial charge in [-0.3, -0.25) is 9.80 Å². The molecule has 1 atom stereocenters. The Kier molecular flexibility index (Phi) is 6.77. The van der Waals surface area contributed by atoms with Gasteiger partial charge in [0.25, 0.3) is 0 Å². The smallest absolute Gasteiger partial charge is 0.159 e. The predicted molar refractivity (Wildman–Crippen MR) is 101 cm³/mol. The van der Waals surface area contributed by atoms with Gasteiger partial charge in [-0.2, -0.15) is 0 Å². The number of halogens is 2. The average molecular weight is 376 g/mol. The van der Waals surface area contributed by atoms with Crippen molar-refractivity contribution in [3.63, 3.8) is 0 Å². The first kappa shape index (κ1) is 19.7. The molecule has 1 heterocycles. The van der Waals surface area contributed by atoms with E-state index in [-0.39, 0.29) is 12.6 Å². The van der Waals surface area contributed by atoms with Crippen LogP contribution in [-0.2, 0) is 13.1 Å². The Morgan fingerprint density at radius 2 is 1.89 bits per heavy atom. The Morgan fingerprint density at radius 3 is 2.63 bits per heavy atom. The number of methoxy groups -OCH3 is 1. The third-order valence-corrected chi connectivity index (χ3v) is 5.11. The van der Waals surface area contributed by atoms with E-state index in [0.29, 0.717) is 13.0 Å². The summed E-state index contributed by atoms with van der Waals surface area (Å²) < 4.78 is 32.1. The van der Waals surface area contributed by atoms with E-state index in [9.17, 15) is 13.9 Å². The topological polar surface area (TPSA) is 35.9 Å². The predicted octanol–water partition coefficient (Wildman–Crippen LogP) is 3.04. The molecular formula is C21H26F2N2O2. The lowest BCUT2D eigenvalue weighted by Crippen LogP contribution is -2.52. The average Bonchev–Trinajstić information content (AvgIpc) is 2.67. The Balaban J connectivity index is 1.66. The van der Waals surface area contributed by atoms with Crippen molar-refractivity contribution in [3.05, 3.63) is 65.2 Å². The van der Waals surface area contributed by atoms with Crippen molar-refractivity contribution in [2.24, 2.45) is 0 Å². The highest BCUT2D eigenvalue weighted by atomic mass is 19.2. The van der Waals surface area contributed by atoms with Gasteiger partial charge in [0.05, 0.1) is 7.11 Å². The van der Waals surface area contributed by atoms with Gasteiger partial charge in [0.1, 0.15) is 5.75 Å². The lowest BCUT2D eigenvalue weighted by Gasteiger charge is -2.41. The maximum atomic E-state index is 13.5. The summed E-state index contributed by atoms with van der Waals surface area (Å²) in [6.07, 6.45) is 0.645. The quantitative estimate of drug-likeness (QED) is 0.806. The van der Waals surface area contributed by atoms with E-state index < -0.39 is 11.6 Å². The van der Waals surface area contributed by atoms with Gasteiger partial charge < -0.3 is 9.84 Å². The van der Waals surface area contributed by atoms with E-state index in [1.54, 1.807) is 13.2 Å². The first-order valence-electron chi connectivity index (χ1n) is 9.23. The van der Waals surface area contributed by atoms with Gasteiger partial charge in [0.15, 0.2) is 11.6 Å². The minimum absolute atomic E-state index is 0.0987. The van der Waals surface area contributed by atoms with Crippen LogP contribution in [0.15, 0.2) is 42.5 Å². The van der Waals surface area contributed by atoms with Crippen LogP contribution in [0.5, 0.6) is 5.75 Å². The molecule has 1 fully saturated rings. The van der Waals surface area contributed by atoms with Crippen molar-refractivity contribution in [1.82, 2.24) is 9.80 Å². The molecule has 1 saturated heterocycles. The number of hydrogen-bond donors (Lipinski definition) is 1. The van der Waals surface area contributed by atoms with Gasteiger partial charge in [-0.15, -0.1) is 0 Å². The first-order chi connectivity index (χ1) is 13.1. The molecule has 27 heavy (non-hydrogen) atoms. The number of hydrogen-bond acceptors (Lipinski definition) is 4. The van der Waals surface area contributed by atoms with Crippen LogP contribution in [0.4, 0.5) is 8.78 Å². The molecule has 1 aliphatic rings. The number of para-hydroxylation sites is 1. The lowest BCUT2D eigenvalue weighted by atomic mass is 10.1. The molecule has 4 nitrogen and oxygen atoms in total. The Labute approximate surface area is 159 Å². The Hall–Kier alpha value is -2.02. The first-order valence-corrected chi connectivity index (χ1v) is 9.23. The van der Waals surface area contributed by atoms with Gasteiger partial charge in [-0.1, -0.05) is 24.3 Å². The Bertz CT molecular complexity index is 757. The lowest BCUT2D eigenvalue weighted by molar-refractivity contribution is 0.0495. The van der Waals surface area contributed by atoms with Crippen LogP contribution in [0, 0.1) is 11.6 Å². The molecule has 2 aromatic carbocycles. The van der Waals surface area contributed by atoms with Crippen LogP contribution < -0.4 is 4.74 Å². The van der Waals surface area contributed by atoms with Gasteiger partial charge >= 0.3 is 0 Å². The maximum absolute atomic E-state index is 13.5. The second-order valence-electron chi connectivity index (χ2n) is 6.93. The molecular weight excluding hydrogens is 350 g/mol. The molecule has 1 aliphatic heterocycles. The van der Waals surface area contributed by atoms with E-state index >= 15 is 0 Å². The van der Waals surface area contributed by atoms with E-state index in [4.69, 9.17) is 4.74 Å². The van der Waals surface area contributed by atoms with Gasteiger partial charge in [0, 0.05) is 50.9 Å². The summed E-state index contributed by atoms with van der Waals surface area (Å²) in [7, 11) is 1.67. The molecule has 146 valence electrons. The van der Waals surface area contributed by atoms with Crippen LogP contribution >= 0.6 is 0 Å².